The molecule has 0 aliphatic carbocycles. The highest BCUT2D eigenvalue weighted by molar-refractivity contribution is 5.95. The van der Waals surface area contributed by atoms with Crippen molar-refractivity contribution in [2.75, 3.05) is 6.61 Å². The van der Waals surface area contributed by atoms with E-state index in [2.05, 4.69) is 72.8 Å². The first-order valence-corrected chi connectivity index (χ1v) is 8.69. The number of nitrogens with zero attached hydrogens (tertiary/aromatic N) is 1. The van der Waals surface area contributed by atoms with Crippen LogP contribution in [-0.2, 0) is 17.6 Å². The predicted octanol–water partition coefficient (Wildman–Crippen LogP) is 4.69. The Morgan fingerprint density at radius 2 is 1.16 bits per heavy atom. The molecule has 0 amide bonds. The van der Waals surface area contributed by atoms with Crippen LogP contribution in [0.4, 0.5) is 0 Å². The summed E-state index contributed by atoms with van der Waals surface area (Å²) in [5, 5.41) is 0. The standard InChI is InChI=1S/C23H21NO/c1-4-10-19(11-5-1)16-23(17-20-12-6-2-7-13-20)18-25-22(24-23)21-14-8-3-9-15-21/h1-15H,16-18H2. The van der Waals surface area contributed by atoms with Gasteiger partial charge in [-0.1, -0.05) is 78.9 Å². The molecule has 0 atom stereocenters. The Hall–Kier alpha value is -2.87. The fourth-order valence-electron chi connectivity index (χ4n) is 3.41. The molecule has 1 heterocycles. The van der Waals surface area contributed by atoms with E-state index in [4.69, 9.17) is 9.73 Å². The van der Waals surface area contributed by atoms with E-state index >= 15 is 0 Å². The van der Waals surface area contributed by atoms with Crippen molar-refractivity contribution in [2.24, 2.45) is 4.99 Å². The van der Waals surface area contributed by atoms with Gasteiger partial charge in [0.2, 0.25) is 5.90 Å². The molecule has 2 nitrogen and oxygen atoms in total. The van der Waals surface area contributed by atoms with Gasteiger partial charge < -0.3 is 4.74 Å². The fourth-order valence-corrected chi connectivity index (χ4v) is 3.41. The van der Waals surface area contributed by atoms with Crippen LogP contribution >= 0.6 is 0 Å². The first kappa shape index (κ1) is 15.6. The molecule has 1 aliphatic heterocycles. The highest BCUT2D eigenvalue weighted by Crippen LogP contribution is 2.30. The second kappa shape index (κ2) is 6.94. The molecule has 0 saturated heterocycles. The summed E-state index contributed by atoms with van der Waals surface area (Å²) in [4.78, 5) is 5.07. The van der Waals surface area contributed by atoms with Gasteiger partial charge in [-0.15, -0.1) is 0 Å². The topological polar surface area (TPSA) is 21.6 Å². The van der Waals surface area contributed by atoms with Crippen molar-refractivity contribution in [1.29, 1.82) is 0 Å². The van der Waals surface area contributed by atoms with Crippen molar-refractivity contribution >= 4 is 5.90 Å². The Bertz CT molecular complexity index is 800. The van der Waals surface area contributed by atoms with Crippen molar-refractivity contribution in [3.8, 4) is 0 Å². The summed E-state index contributed by atoms with van der Waals surface area (Å²) in [6, 6.07) is 31.3. The Labute approximate surface area is 148 Å². The molecule has 0 radical (unpaired) electrons. The van der Waals surface area contributed by atoms with E-state index < -0.39 is 0 Å². The van der Waals surface area contributed by atoms with Crippen molar-refractivity contribution in [3.63, 3.8) is 0 Å². The van der Waals surface area contributed by atoms with Crippen LogP contribution in [0.5, 0.6) is 0 Å². The van der Waals surface area contributed by atoms with Crippen LogP contribution in [0, 0.1) is 0 Å². The lowest BCUT2D eigenvalue weighted by Gasteiger charge is -2.24. The van der Waals surface area contributed by atoms with Gasteiger partial charge in [-0.2, -0.15) is 0 Å². The summed E-state index contributed by atoms with van der Waals surface area (Å²) < 4.78 is 6.05. The largest absolute Gasteiger partial charge is 0.475 e. The molecule has 0 saturated carbocycles. The number of ether oxygens (including phenoxy) is 1. The zero-order chi connectivity index (χ0) is 17.0. The van der Waals surface area contributed by atoms with Crippen molar-refractivity contribution < 1.29 is 4.74 Å². The maximum Gasteiger partial charge on any atom is 0.216 e. The lowest BCUT2D eigenvalue weighted by molar-refractivity contribution is 0.251. The van der Waals surface area contributed by atoms with Gasteiger partial charge in [-0.05, 0) is 23.3 Å². The third-order valence-corrected chi connectivity index (χ3v) is 4.59. The SMILES string of the molecule is c1ccc(CC2(Cc3ccccc3)COC(c3ccccc3)=N2)cc1. The smallest absolute Gasteiger partial charge is 0.216 e. The molecule has 0 bridgehead atoms. The lowest BCUT2D eigenvalue weighted by Crippen LogP contribution is -2.34. The van der Waals surface area contributed by atoms with Gasteiger partial charge in [0.15, 0.2) is 0 Å². The van der Waals surface area contributed by atoms with E-state index in [1.807, 2.05) is 18.2 Å². The van der Waals surface area contributed by atoms with Crippen LogP contribution in [0.1, 0.15) is 16.7 Å². The third-order valence-electron chi connectivity index (χ3n) is 4.59. The monoisotopic (exact) mass is 327 g/mol. The van der Waals surface area contributed by atoms with Crippen LogP contribution in [0.3, 0.4) is 0 Å². The van der Waals surface area contributed by atoms with E-state index in [-0.39, 0.29) is 5.54 Å². The van der Waals surface area contributed by atoms with Crippen LogP contribution < -0.4 is 0 Å². The van der Waals surface area contributed by atoms with E-state index in [1.54, 1.807) is 0 Å². The Balaban J connectivity index is 1.68. The number of benzene rings is 3. The third kappa shape index (κ3) is 3.63. The molecule has 3 aromatic rings. The molecule has 3 aromatic carbocycles. The van der Waals surface area contributed by atoms with Crippen LogP contribution in [-0.4, -0.2) is 18.0 Å². The van der Waals surface area contributed by atoms with Gasteiger partial charge in [-0.3, -0.25) is 0 Å². The minimum absolute atomic E-state index is 0.256. The van der Waals surface area contributed by atoms with E-state index in [0.717, 1.165) is 24.3 Å². The van der Waals surface area contributed by atoms with Crippen molar-refractivity contribution in [1.82, 2.24) is 0 Å². The van der Waals surface area contributed by atoms with Gasteiger partial charge in [0.05, 0.1) is 0 Å². The van der Waals surface area contributed by atoms with Crippen molar-refractivity contribution in [2.45, 2.75) is 18.4 Å². The first-order valence-electron chi connectivity index (χ1n) is 8.69. The summed E-state index contributed by atoms with van der Waals surface area (Å²) in [6.07, 6.45) is 1.75. The van der Waals surface area contributed by atoms with Gasteiger partial charge in [0.1, 0.15) is 12.1 Å². The van der Waals surface area contributed by atoms with Gasteiger partial charge in [-0.25, -0.2) is 4.99 Å². The molecule has 0 N–H and O–H groups in total. The number of hydrogen-bond donors (Lipinski definition) is 0. The fraction of sp³-hybridized carbons (Fsp3) is 0.174. The highest BCUT2D eigenvalue weighted by Gasteiger charge is 2.37. The number of rotatable bonds is 5. The van der Waals surface area contributed by atoms with Gasteiger partial charge in [0.25, 0.3) is 0 Å². The normalized spacial score (nSPS) is 15.4. The van der Waals surface area contributed by atoms with Crippen LogP contribution in [0.2, 0.25) is 0 Å². The van der Waals surface area contributed by atoms with E-state index in [9.17, 15) is 0 Å². The molecule has 0 spiro atoms. The highest BCUT2D eigenvalue weighted by atomic mass is 16.5. The predicted molar refractivity (Wildman–Crippen MR) is 102 cm³/mol. The van der Waals surface area contributed by atoms with E-state index in [0.29, 0.717) is 6.61 Å². The maximum absolute atomic E-state index is 6.05. The summed E-state index contributed by atoms with van der Waals surface area (Å²) in [5.41, 5.74) is 3.37. The summed E-state index contributed by atoms with van der Waals surface area (Å²) >= 11 is 0. The zero-order valence-electron chi connectivity index (χ0n) is 14.1. The second-order valence-corrected chi connectivity index (χ2v) is 6.62. The molecule has 124 valence electrons. The average Bonchev–Trinajstić information content (AvgIpc) is 3.08. The number of aliphatic imine (C=N–C) groups is 1. The zero-order valence-corrected chi connectivity index (χ0v) is 14.1. The lowest BCUT2D eigenvalue weighted by atomic mass is 9.86. The minimum Gasteiger partial charge on any atom is -0.475 e. The first-order chi connectivity index (χ1) is 12.3. The second-order valence-electron chi connectivity index (χ2n) is 6.62. The Morgan fingerprint density at radius 3 is 1.68 bits per heavy atom. The number of hydrogen-bond acceptors (Lipinski definition) is 2. The molecular formula is C23H21NO. The van der Waals surface area contributed by atoms with E-state index in [1.165, 1.54) is 11.1 Å². The van der Waals surface area contributed by atoms with Crippen LogP contribution in [0.15, 0.2) is 96.0 Å². The average molecular weight is 327 g/mol. The molecule has 0 unspecified atom stereocenters. The molecule has 2 heteroatoms. The molecule has 1 aliphatic rings. The van der Waals surface area contributed by atoms with Crippen LogP contribution in [0.25, 0.3) is 0 Å². The summed E-state index contributed by atoms with van der Waals surface area (Å²) in [7, 11) is 0. The molecule has 0 fully saturated rings. The van der Waals surface area contributed by atoms with Crippen molar-refractivity contribution in [3.05, 3.63) is 108 Å². The molecule has 4 rings (SSSR count). The quantitative estimate of drug-likeness (QED) is 0.666. The van der Waals surface area contributed by atoms with Gasteiger partial charge in [0, 0.05) is 18.4 Å². The molecule has 25 heavy (non-hydrogen) atoms. The molecule has 0 aromatic heterocycles. The maximum atomic E-state index is 6.05. The minimum atomic E-state index is -0.256. The summed E-state index contributed by atoms with van der Waals surface area (Å²) in [6.45, 7) is 0.612. The Morgan fingerprint density at radius 1 is 0.680 bits per heavy atom. The molecular weight excluding hydrogens is 306 g/mol. The summed E-state index contributed by atoms with van der Waals surface area (Å²) in [5.74, 6) is 0.757. The van der Waals surface area contributed by atoms with Gasteiger partial charge >= 0.3 is 0 Å². The Kier molecular flexibility index (Phi) is 4.34.